The van der Waals surface area contributed by atoms with E-state index in [0.29, 0.717) is 5.17 Å². The second-order valence-corrected chi connectivity index (χ2v) is 4.45. The van der Waals surface area contributed by atoms with Crippen molar-refractivity contribution in [3.05, 3.63) is 29.3 Å². The monoisotopic (exact) mass is 267 g/mol. The fourth-order valence-electron chi connectivity index (χ4n) is 1.16. The van der Waals surface area contributed by atoms with Gasteiger partial charge in [-0.2, -0.15) is 5.10 Å². The van der Waals surface area contributed by atoms with Crippen LogP contribution in [0.1, 0.15) is 22.8 Å². The van der Waals surface area contributed by atoms with Crippen LogP contribution in [-0.2, 0) is 0 Å². The summed E-state index contributed by atoms with van der Waals surface area (Å²) in [4.78, 5) is 10.8. The van der Waals surface area contributed by atoms with Crippen LogP contribution in [0.15, 0.2) is 28.4 Å². The fourth-order valence-corrected chi connectivity index (χ4v) is 1.56. The summed E-state index contributed by atoms with van der Waals surface area (Å²) >= 11 is 1.34. The summed E-state index contributed by atoms with van der Waals surface area (Å²) in [7, 11) is 0. The minimum atomic E-state index is -1.20. The number of carboxylic acids is 1. The third-order valence-corrected chi connectivity index (χ3v) is 2.61. The van der Waals surface area contributed by atoms with Gasteiger partial charge in [0.15, 0.2) is 5.17 Å². The van der Waals surface area contributed by atoms with Gasteiger partial charge in [0.25, 0.3) is 0 Å². The molecule has 0 fully saturated rings. The molecule has 1 aromatic carbocycles. The molecule has 0 amide bonds. The minimum Gasteiger partial charge on any atom is -0.506 e. The van der Waals surface area contributed by atoms with Crippen molar-refractivity contribution < 1.29 is 15.0 Å². The first-order chi connectivity index (χ1) is 8.56. The lowest BCUT2D eigenvalue weighted by atomic mass is 10.1. The van der Waals surface area contributed by atoms with Crippen LogP contribution in [-0.4, -0.2) is 33.3 Å². The van der Waals surface area contributed by atoms with E-state index >= 15 is 0 Å². The molecule has 0 heterocycles. The van der Waals surface area contributed by atoms with Crippen molar-refractivity contribution in [2.75, 3.05) is 5.75 Å². The summed E-state index contributed by atoms with van der Waals surface area (Å²) in [6.07, 6.45) is 1.25. The number of rotatable bonds is 4. The lowest BCUT2D eigenvalue weighted by molar-refractivity contribution is 0.0693. The van der Waals surface area contributed by atoms with Crippen LogP contribution >= 0.6 is 11.8 Å². The van der Waals surface area contributed by atoms with Crippen molar-refractivity contribution in [1.29, 1.82) is 0 Å². The lowest BCUT2D eigenvalue weighted by Gasteiger charge is -2.01. The molecule has 1 rings (SSSR count). The molecule has 0 unspecified atom stereocenters. The zero-order chi connectivity index (χ0) is 13.5. The molecule has 0 saturated heterocycles. The molecule has 0 saturated carbocycles. The highest BCUT2D eigenvalue weighted by Crippen LogP contribution is 2.20. The first kappa shape index (κ1) is 14.0. The SMILES string of the molecule is CCSC(N)=N/N=C\c1cccc(C(=O)O)c1O. The van der Waals surface area contributed by atoms with Gasteiger partial charge in [-0.05, 0) is 17.9 Å². The average molecular weight is 267 g/mol. The number of carbonyl (C=O) groups is 1. The largest absolute Gasteiger partial charge is 0.506 e. The van der Waals surface area contributed by atoms with E-state index in [0.717, 1.165) is 5.75 Å². The molecule has 18 heavy (non-hydrogen) atoms. The predicted octanol–water partition coefficient (Wildman–Crippen LogP) is 1.49. The van der Waals surface area contributed by atoms with Gasteiger partial charge in [-0.3, -0.25) is 0 Å². The highest BCUT2D eigenvalue weighted by molar-refractivity contribution is 8.13. The molecule has 0 bridgehead atoms. The third-order valence-electron chi connectivity index (χ3n) is 1.94. The van der Waals surface area contributed by atoms with Gasteiger partial charge in [0.1, 0.15) is 11.3 Å². The Morgan fingerprint density at radius 3 is 2.89 bits per heavy atom. The maximum Gasteiger partial charge on any atom is 0.339 e. The molecule has 0 aliphatic heterocycles. The molecule has 0 spiro atoms. The van der Waals surface area contributed by atoms with E-state index < -0.39 is 5.97 Å². The Balaban J connectivity index is 2.92. The molecular weight excluding hydrogens is 254 g/mol. The topological polar surface area (TPSA) is 108 Å². The zero-order valence-electron chi connectivity index (χ0n) is 9.70. The summed E-state index contributed by atoms with van der Waals surface area (Å²) in [6.45, 7) is 1.93. The molecule has 0 aliphatic carbocycles. The normalized spacial score (nSPS) is 11.9. The summed E-state index contributed by atoms with van der Waals surface area (Å²) in [5.74, 6) is -0.761. The number of para-hydroxylation sites is 1. The van der Waals surface area contributed by atoms with Crippen molar-refractivity contribution in [3.8, 4) is 5.75 Å². The van der Waals surface area contributed by atoms with Crippen molar-refractivity contribution in [3.63, 3.8) is 0 Å². The second-order valence-electron chi connectivity index (χ2n) is 3.16. The van der Waals surface area contributed by atoms with E-state index in [1.807, 2.05) is 6.92 Å². The number of nitrogens with zero attached hydrogens (tertiary/aromatic N) is 2. The van der Waals surface area contributed by atoms with Crippen LogP contribution in [0.3, 0.4) is 0 Å². The van der Waals surface area contributed by atoms with Gasteiger partial charge in [-0.25, -0.2) is 4.79 Å². The van der Waals surface area contributed by atoms with Gasteiger partial charge in [-0.15, -0.1) is 5.10 Å². The van der Waals surface area contributed by atoms with Crippen LogP contribution in [0.25, 0.3) is 0 Å². The Bertz CT molecular complexity index is 500. The van der Waals surface area contributed by atoms with Gasteiger partial charge < -0.3 is 15.9 Å². The summed E-state index contributed by atoms with van der Waals surface area (Å²) in [5, 5.41) is 26.2. The number of nitrogens with two attached hydrogens (primary N) is 1. The summed E-state index contributed by atoms with van der Waals surface area (Å²) < 4.78 is 0. The molecule has 0 aromatic heterocycles. The number of benzene rings is 1. The molecule has 0 aliphatic rings. The molecular formula is C11H13N3O3S. The van der Waals surface area contributed by atoms with Crippen molar-refractivity contribution in [2.45, 2.75) is 6.92 Å². The van der Waals surface area contributed by atoms with E-state index in [2.05, 4.69) is 10.2 Å². The number of phenols is 1. The fraction of sp³-hybridized carbons (Fsp3) is 0.182. The minimum absolute atomic E-state index is 0.182. The number of hydrogen-bond acceptors (Lipinski definition) is 5. The lowest BCUT2D eigenvalue weighted by Crippen LogP contribution is -2.05. The van der Waals surface area contributed by atoms with E-state index in [1.54, 1.807) is 0 Å². The van der Waals surface area contributed by atoms with Crippen molar-refractivity contribution in [2.24, 2.45) is 15.9 Å². The van der Waals surface area contributed by atoms with Crippen LogP contribution in [0, 0.1) is 0 Å². The van der Waals surface area contributed by atoms with Crippen LogP contribution in [0.5, 0.6) is 5.75 Å². The van der Waals surface area contributed by atoms with Crippen molar-refractivity contribution >= 4 is 29.1 Å². The molecule has 7 heteroatoms. The highest BCUT2D eigenvalue weighted by Gasteiger charge is 2.11. The molecule has 1 aromatic rings. The first-order valence-electron chi connectivity index (χ1n) is 5.10. The Kier molecular flexibility index (Phi) is 5.19. The van der Waals surface area contributed by atoms with Crippen molar-refractivity contribution in [1.82, 2.24) is 0 Å². The van der Waals surface area contributed by atoms with E-state index in [1.165, 1.54) is 36.2 Å². The van der Waals surface area contributed by atoms with Gasteiger partial charge in [0.2, 0.25) is 0 Å². The molecule has 96 valence electrons. The van der Waals surface area contributed by atoms with Crippen LogP contribution in [0.2, 0.25) is 0 Å². The number of aromatic carboxylic acids is 1. The quantitative estimate of drug-likeness (QED) is 0.435. The van der Waals surface area contributed by atoms with Gasteiger partial charge in [0.05, 0.1) is 6.21 Å². The van der Waals surface area contributed by atoms with E-state index in [-0.39, 0.29) is 16.9 Å². The van der Waals surface area contributed by atoms with Crippen LogP contribution < -0.4 is 5.73 Å². The molecule has 4 N–H and O–H groups in total. The Morgan fingerprint density at radius 1 is 1.56 bits per heavy atom. The van der Waals surface area contributed by atoms with Crippen LogP contribution in [0.4, 0.5) is 0 Å². The maximum atomic E-state index is 10.8. The highest BCUT2D eigenvalue weighted by atomic mass is 32.2. The molecule has 0 atom stereocenters. The summed E-state index contributed by atoms with van der Waals surface area (Å²) in [5.41, 5.74) is 5.60. The maximum absolute atomic E-state index is 10.8. The Hall–Kier alpha value is -2.02. The van der Waals surface area contributed by atoms with Gasteiger partial charge in [-0.1, -0.05) is 24.8 Å². The smallest absolute Gasteiger partial charge is 0.339 e. The number of carboxylic acid groups (broad SMARTS) is 1. The second kappa shape index (κ2) is 6.65. The number of amidine groups is 1. The van der Waals surface area contributed by atoms with E-state index in [4.69, 9.17) is 10.8 Å². The molecule has 6 nitrogen and oxygen atoms in total. The Labute approximate surface area is 108 Å². The standard InChI is InChI=1S/C11H13N3O3S/c1-2-18-11(12)14-13-6-7-4-3-5-8(9(7)15)10(16)17/h3-6,15H,2H2,1H3,(H2,12,14)(H,16,17)/b13-6-. The van der Waals surface area contributed by atoms with E-state index in [9.17, 15) is 9.90 Å². The predicted molar refractivity (Wildman–Crippen MR) is 72.4 cm³/mol. The number of aromatic hydroxyl groups is 1. The first-order valence-corrected chi connectivity index (χ1v) is 6.09. The molecule has 0 radical (unpaired) electrons. The zero-order valence-corrected chi connectivity index (χ0v) is 10.5. The summed E-state index contributed by atoms with van der Waals surface area (Å²) in [6, 6.07) is 4.35. The number of hydrogen-bond donors (Lipinski definition) is 3. The van der Waals surface area contributed by atoms with Gasteiger partial charge >= 0.3 is 5.97 Å². The third kappa shape index (κ3) is 3.77. The number of thioether (sulfide) groups is 1. The average Bonchev–Trinajstić information content (AvgIpc) is 2.31. The Morgan fingerprint density at radius 2 is 2.28 bits per heavy atom. The van der Waals surface area contributed by atoms with Gasteiger partial charge in [0, 0.05) is 5.56 Å².